The molecule has 0 aromatic carbocycles. The summed E-state index contributed by atoms with van der Waals surface area (Å²) in [6.45, 7) is 5.72. The number of carbonyl (C=O) groups is 3. The summed E-state index contributed by atoms with van der Waals surface area (Å²) in [5.41, 5.74) is 0. The molecule has 0 heterocycles. The van der Waals surface area contributed by atoms with Crippen LogP contribution in [0.3, 0.4) is 0 Å². The van der Waals surface area contributed by atoms with Crippen molar-refractivity contribution in [3.05, 3.63) is 0 Å². The molecule has 0 aliphatic rings. The van der Waals surface area contributed by atoms with E-state index in [0.29, 0.717) is 6.42 Å². The van der Waals surface area contributed by atoms with Crippen LogP contribution in [0.15, 0.2) is 0 Å². The molecule has 0 aliphatic heterocycles. The van der Waals surface area contributed by atoms with Crippen LogP contribution in [0.5, 0.6) is 0 Å². The van der Waals surface area contributed by atoms with Crippen molar-refractivity contribution in [2.24, 2.45) is 0 Å². The number of aliphatic hydroxyl groups excluding tert-OH is 1. The van der Waals surface area contributed by atoms with Crippen LogP contribution in [0, 0.1) is 0 Å². The Morgan fingerprint density at radius 3 is 1.38 bits per heavy atom. The van der Waals surface area contributed by atoms with E-state index in [1.54, 1.807) is 0 Å². The molecule has 96 valence electrons. The van der Waals surface area contributed by atoms with Gasteiger partial charge in [0.2, 0.25) is 0 Å². The molecule has 0 aromatic rings. The Morgan fingerprint density at radius 1 is 1.12 bits per heavy atom. The molecule has 1 atom stereocenters. The zero-order chi connectivity index (χ0) is 13.7. The maximum atomic E-state index is 9.89. The number of hydrogen-bond acceptors (Lipinski definition) is 4. The predicted molar refractivity (Wildman–Crippen MR) is 58.2 cm³/mol. The van der Waals surface area contributed by atoms with E-state index in [1.165, 1.54) is 13.8 Å². The standard InChI is InChI=1S/2C4H8O2.C2H4O2/c1-3(5)4(2)6;1-2-3-4(5)6;1-2(3)4/h3,5H,1-2H3;2-3H2,1H3,(H,5,6);1H3,(H,3,4). The summed E-state index contributed by atoms with van der Waals surface area (Å²) in [6.07, 6.45) is 0.236. The van der Waals surface area contributed by atoms with Gasteiger partial charge in [0.15, 0.2) is 5.78 Å². The molecule has 0 spiro atoms. The maximum Gasteiger partial charge on any atom is 0.303 e. The van der Waals surface area contributed by atoms with Gasteiger partial charge in [0, 0.05) is 13.3 Å². The molecule has 6 nitrogen and oxygen atoms in total. The van der Waals surface area contributed by atoms with Crippen LogP contribution in [0.25, 0.3) is 0 Å². The van der Waals surface area contributed by atoms with Crippen LogP contribution in [0.2, 0.25) is 0 Å². The first-order valence-electron chi connectivity index (χ1n) is 4.74. The van der Waals surface area contributed by atoms with Gasteiger partial charge in [0.1, 0.15) is 6.10 Å². The smallest absolute Gasteiger partial charge is 0.303 e. The largest absolute Gasteiger partial charge is 0.481 e. The zero-order valence-electron chi connectivity index (χ0n) is 10.1. The average molecular weight is 236 g/mol. The summed E-state index contributed by atoms with van der Waals surface area (Å²) in [5, 5.41) is 23.6. The van der Waals surface area contributed by atoms with Crippen molar-refractivity contribution in [2.75, 3.05) is 0 Å². The highest BCUT2D eigenvalue weighted by Crippen LogP contribution is 1.82. The summed E-state index contributed by atoms with van der Waals surface area (Å²) in [7, 11) is 0. The molecule has 6 heteroatoms. The highest BCUT2D eigenvalue weighted by atomic mass is 16.4. The van der Waals surface area contributed by atoms with Gasteiger partial charge in [-0.3, -0.25) is 14.4 Å². The van der Waals surface area contributed by atoms with Crippen LogP contribution in [-0.4, -0.2) is 39.1 Å². The lowest BCUT2D eigenvalue weighted by molar-refractivity contribution is -0.137. The van der Waals surface area contributed by atoms with E-state index < -0.39 is 18.0 Å². The summed E-state index contributed by atoms with van der Waals surface area (Å²) in [4.78, 5) is 28.5. The second-order valence-electron chi connectivity index (χ2n) is 2.95. The predicted octanol–water partition coefficient (Wildman–Crippen LogP) is 0.918. The van der Waals surface area contributed by atoms with E-state index in [4.69, 9.17) is 20.1 Å². The lowest BCUT2D eigenvalue weighted by Gasteiger charge is -1.90. The van der Waals surface area contributed by atoms with Crippen LogP contribution in [0.4, 0.5) is 0 Å². The van der Waals surface area contributed by atoms with Crippen molar-refractivity contribution < 1.29 is 29.7 Å². The SMILES string of the molecule is CC(=O)C(C)O.CC(=O)O.CCCC(=O)O. The minimum absolute atomic E-state index is 0.185. The van der Waals surface area contributed by atoms with Gasteiger partial charge in [-0.05, 0) is 20.3 Å². The first-order valence-corrected chi connectivity index (χ1v) is 4.74. The van der Waals surface area contributed by atoms with Crippen molar-refractivity contribution in [3.8, 4) is 0 Å². The van der Waals surface area contributed by atoms with Crippen LogP contribution >= 0.6 is 0 Å². The van der Waals surface area contributed by atoms with Gasteiger partial charge in [-0.1, -0.05) is 6.92 Å². The van der Waals surface area contributed by atoms with Gasteiger partial charge >= 0.3 is 5.97 Å². The Hall–Kier alpha value is -1.43. The third-order valence-electron chi connectivity index (χ3n) is 1.05. The molecule has 0 radical (unpaired) electrons. The Morgan fingerprint density at radius 2 is 1.38 bits per heavy atom. The van der Waals surface area contributed by atoms with Gasteiger partial charge < -0.3 is 15.3 Å². The molecule has 0 bridgehead atoms. The van der Waals surface area contributed by atoms with Crippen molar-refractivity contribution >= 4 is 17.7 Å². The number of aliphatic hydroxyl groups is 1. The summed E-state index contributed by atoms with van der Waals surface area (Å²) in [6, 6.07) is 0. The van der Waals surface area contributed by atoms with Crippen LogP contribution < -0.4 is 0 Å². The minimum Gasteiger partial charge on any atom is -0.481 e. The van der Waals surface area contributed by atoms with Gasteiger partial charge in [-0.2, -0.15) is 0 Å². The molecule has 0 aromatic heterocycles. The third-order valence-corrected chi connectivity index (χ3v) is 1.05. The number of carboxylic acids is 2. The van der Waals surface area contributed by atoms with Gasteiger partial charge in [-0.15, -0.1) is 0 Å². The lowest BCUT2D eigenvalue weighted by Crippen LogP contribution is -2.10. The summed E-state index contributed by atoms with van der Waals surface area (Å²) in [5.74, 6) is -1.73. The number of carbonyl (C=O) groups excluding carboxylic acids is 1. The Balaban J connectivity index is -0.000000162. The summed E-state index contributed by atoms with van der Waals surface area (Å²) < 4.78 is 0. The molecule has 3 N–H and O–H groups in total. The number of hydrogen-bond donors (Lipinski definition) is 3. The monoisotopic (exact) mass is 236 g/mol. The van der Waals surface area contributed by atoms with E-state index in [9.17, 15) is 9.59 Å². The fraction of sp³-hybridized carbons (Fsp3) is 0.700. The quantitative estimate of drug-likeness (QED) is 0.671. The second-order valence-corrected chi connectivity index (χ2v) is 2.95. The molecule has 0 aliphatic carbocycles. The van der Waals surface area contributed by atoms with Gasteiger partial charge in [0.25, 0.3) is 5.97 Å². The van der Waals surface area contributed by atoms with E-state index in [-0.39, 0.29) is 5.78 Å². The van der Waals surface area contributed by atoms with Gasteiger partial charge in [0.05, 0.1) is 0 Å². The van der Waals surface area contributed by atoms with E-state index in [1.807, 2.05) is 6.92 Å². The fourth-order valence-electron chi connectivity index (χ4n) is 0.214. The maximum absolute atomic E-state index is 9.89. The molecule has 0 rings (SSSR count). The molecule has 0 amide bonds. The molecular formula is C10H20O6. The number of ketones is 1. The number of aliphatic carboxylic acids is 2. The number of rotatable bonds is 3. The van der Waals surface area contributed by atoms with E-state index >= 15 is 0 Å². The van der Waals surface area contributed by atoms with Crippen molar-refractivity contribution in [1.29, 1.82) is 0 Å². The Bertz CT molecular complexity index is 205. The molecule has 0 fully saturated rings. The third kappa shape index (κ3) is 54.2. The van der Waals surface area contributed by atoms with Crippen LogP contribution in [0.1, 0.15) is 40.5 Å². The minimum atomic E-state index is -0.833. The van der Waals surface area contributed by atoms with Crippen molar-refractivity contribution in [3.63, 3.8) is 0 Å². The van der Waals surface area contributed by atoms with E-state index in [2.05, 4.69) is 0 Å². The first kappa shape index (κ1) is 20.0. The second kappa shape index (κ2) is 13.6. The van der Waals surface area contributed by atoms with Gasteiger partial charge in [-0.25, -0.2) is 0 Å². The summed E-state index contributed by atoms with van der Waals surface area (Å²) >= 11 is 0. The average Bonchev–Trinajstić information content (AvgIpc) is 2.03. The normalized spacial score (nSPS) is 9.81. The fourth-order valence-corrected chi connectivity index (χ4v) is 0.214. The number of Topliss-reactive ketones (excluding diaryl/α,β-unsaturated/α-hetero) is 1. The van der Waals surface area contributed by atoms with Crippen LogP contribution in [-0.2, 0) is 14.4 Å². The first-order chi connectivity index (χ1) is 7.14. The van der Waals surface area contributed by atoms with Crippen molar-refractivity contribution in [1.82, 2.24) is 0 Å². The topological polar surface area (TPSA) is 112 Å². The van der Waals surface area contributed by atoms with E-state index in [0.717, 1.165) is 13.3 Å². The number of carboxylic acid groups (broad SMARTS) is 2. The van der Waals surface area contributed by atoms with Crippen molar-refractivity contribution in [2.45, 2.75) is 46.6 Å². The molecule has 16 heavy (non-hydrogen) atoms. The zero-order valence-corrected chi connectivity index (χ0v) is 10.1. The lowest BCUT2D eigenvalue weighted by atomic mass is 10.3. The molecule has 1 unspecified atom stereocenters. The molecule has 0 saturated carbocycles. The Kier molecular flexibility index (Phi) is 17.0. The Labute approximate surface area is 94.9 Å². The highest BCUT2D eigenvalue weighted by Gasteiger charge is 1.97. The molecule has 0 saturated heterocycles. The molecular weight excluding hydrogens is 216 g/mol. The highest BCUT2D eigenvalue weighted by molar-refractivity contribution is 5.79.